The number of nitrogens with two attached hydrogens (primary N) is 1. The van der Waals surface area contributed by atoms with Crippen LogP contribution in [0.1, 0.15) is 75.2 Å². The van der Waals surface area contributed by atoms with Crippen LogP contribution in [0.25, 0.3) is 0 Å². The monoisotopic (exact) mass is 307 g/mol. The first-order valence-electron chi connectivity index (χ1n) is 8.48. The van der Waals surface area contributed by atoms with Crippen molar-refractivity contribution in [1.82, 2.24) is 0 Å². The van der Waals surface area contributed by atoms with E-state index in [9.17, 15) is 4.79 Å². The van der Waals surface area contributed by atoms with Gasteiger partial charge in [-0.25, -0.2) is 4.79 Å². The fourth-order valence-electron chi connectivity index (χ4n) is 2.35. The average molecular weight is 307 g/mol. The molecule has 0 bridgehead atoms. The molecule has 3 heteroatoms. The molecule has 1 aliphatic carbocycles. The van der Waals surface area contributed by atoms with Gasteiger partial charge in [0.15, 0.2) is 0 Å². The quantitative estimate of drug-likeness (QED) is 0.816. The van der Waals surface area contributed by atoms with E-state index >= 15 is 0 Å². The Kier molecular flexibility index (Phi) is 11.5. The SMILES string of the molecule is CCC.CCOC(=O)c1ccc(C(C)C2CCC2)cc1.CN. The number of carbonyl (C=O) groups excluding carboxylic acids is 1. The molecule has 0 aromatic heterocycles. The van der Waals surface area contributed by atoms with Crippen LogP contribution in [0.4, 0.5) is 0 Å². The lowest BCUT2D eigenvalue weighted by atomic mass is 9.74. The fourth-order valence-corrected chi connectivity index (χ4v) is 2.35. The first kappa shape index (κ1) is 20.6. The summed E-state index contributed by atoms with van der Waals surface area (Å²) in [7, 11) is 1.50. The zero-order chi connectivity index (χ0) is 17.0. The van der Waals surface area contributed by atoms with Gasteiger partial charge in [0.25, 0.3) is 0 Å². The predicted octanol–water partition coefficient (Wildman–Crippen LogP) is 4.76. The highest BCUT2D eigenvalue weighted by Crippen LogP contribution is 2.38. The summed E-state index contributed by atoms with van der Waals surface area (Å²) in [6, 6.07) is 7.88. The van der Waals surface area contributed by atoms with Crippen molar-refractivity contribution in [1.29, 1.82) is 0 Å². The van der Waals surface area contributed by atoms with Crippen molar-refractivity contribution >= 4 is 5.97 Å². The third-order valence-electron chi connectivity index (χ3n) is 3.80. The number of benzene rings is 1. The molecule has 1 fully saturated rings. The molecule has 0 amide bonds. The molecular weight excluding hydrogens is 274 g/mol. The Balaban J connectivity index is 0.000000789. The zero-order valence-corrected chi connectivity index (χ0v) is 14.9. The molecule has 1 saturated carbocycles. The Labute approximate surface area is 136 Å². The summed E-state index contributed by atoms with van der Waals surface area (Å²) in [6.45, 7) is 8.78. The summed E-state index contributed by atoms with van der Waals surface area (Å²) >= 11 is 0. The van der Waals surface area contributed by atoms with Crippen LogP contribution in [0.15, 0.2) is 24.3 Å². The van der Waals surface area contributed by atoms with E-state index in [0.717, 1.165) is 5.92 Å². The van der Waals surface area contributed by atoms with Gasteiger partial charge in [0.1, 0.15) is 0 Å². The van der Waals surface area contributed by atoms with Gasteiger partial charge in [-0.2, -0.15) is 0 Å². The van der Waals surface area contributed by atoms with E-state index in [-0.39, 0.29) is 5.97 Å². The number of ether oxygens (including phenoxy) is 1. The highest BCUT2D eigenvalue weighted by Gasteiger charge is 2.24. The smallest absolute Gasteiger partial charge is 0.338 e. The lowest BCUT2D eigenvalue weighted by Gasteiger charge is -2.31. The normalized spacial score (nSPS) is 14.5. The topological polar surface area (TPSA) is 52.3 Å². The molecule has 0 heterocycles. The molecule has 126 valence electrons. The minimum atomic E-state index is -0.227. The van der Waals surface area contributed by atoms with E-state index in [2.05, 4.69) is 38.6 Å². The molecule has 1 aliphatic rings. The maximum Gasteiger partial charge on any atom is 0.338 e. The lowest BCUT2D eigenvalue weighted by molar-refractivity contribution is 0.0526. The molecule has 1 unspecified atom stereocenters. The van der Waals surface area contributed by atoms with Crippen molar-refractivity contribution in [3.8, 4) is 0 Å². The summed E-state index contributed by atoms with van der Waals surface area (Å²) < 4.78 is 4.97. The van der Waals surface area contributed by atoms with Crippen LogP contribution in [-0.2, 0) is 4.74 Å². The van der Waals surface area contributed by atoms with Gasteiger partial charge in [0.05, 0.1) is 12.2 Å². The van der Waals surface area contributed by atoms with Crippen molar-refractivity contribution in [3.63, 3.8) is 0 Å². The Morgan fingerprint density at radius 3 is 2.05 bits per heavy atom. The van der Waals surface area contributed by atoms with E-state index in [0.29, 0.717) is 18.1 Å². The summed E-state index contributed by atoms with van der Waals surface area (Å²) in [5.41, 5.74) is 6.49. The van der Waals surface area contributed by atoms with Gasteiger partial charge in [-0.3, -0.25) is 0 Å². The number of hydrogen-bond donors (Lipinski definition) is 1. The number of rotatable bonds is 4. The first-order chi connectivity index (χ1) is 10.6. The van der Waals surface area contributed by atoms with E-state index in [1.807, 2.05) is 19.1 Å². The molecule has 2 rings (SSSR count). The van der Waals surface area contributed by atoms with Crippen molar-refractivity contribution in [2.24, 2.45) is 11.7 Å². The maximum absolute atomic E-state index is 11.5. The van der Waals surface area contributed by atoms with Gasteiger partial charge in [-0.15, -0.1) is 0 Å². The Morgan fingerprint density at radius 1 is 1.18 bits per heavy atom. The average Bonchev–Trinajstić information content (AvgIpc) is 2.49. The van der Waals surface area contributed by atoms with Crippen LogP contribution >= 0.6 is 0 Å². The minimum absolute atomic E-state index is 0.227. The summed E-state index contributed by atoms with van der Waals surface area (Å²) in [6.07, 6.45) is 5.32. The van der Waals surface area contributed by atoms with Crippen LogP contribution in [0.3, 0.4) is 0 Å². The second-order valence-corrected chi connectivity index (χ2v) is 5.53. The minimum Gasteiger partial charge on any atom is -0.462 e. The first-order valence-corrected chi connectivity index (χ1v) is 8.48. The highest BCUT2D eigenvalue weighted by molar-refractivity contribution is 5.89. The van der Waals surface area contributed by atoms with Crippen molar-refractivity contribution < 1.29 is 9.53 Å². The number of esters is 1. The van der Waals surface area contributed by atoms with Crippen LogP contribution in [0, 0.1) is 5.92 Å². The van der Waals surface area contributed by atoms with Crippen molar-refractivity contribution in [2.75, 3.05) is 13.7 Å². The van der Waals surface area contributed by atoms with Crippen LogP contribution in [0.5, 0.6) is 0 Å². The molecule has 0 aliphatic heterocycles. The molecule has 0 saturated heterocycles. The van der Waals surface area contributed by atoms with Gasteiger partial charge < -0.3 is 10.5 Å². The molecule has 0 radical (unpaired) electrons. The number of hydrogen-bond acceptors (Lipinski definition) is 3. The fraction of sp³-hybridized carbons (Fsp3) is 0.632. The molecule has 3 nitrogen and oxygen atoms in total. The number of carbonyl (C=O) groups is 1. The Hall–Kier alpha value is -1.35. The molecule has 2 N–H and O–H groups in total. The van der Waals surface area contributed by atoms with Gasteiger partial charge in [0.2, 0.25) is 0 Å². The van der Waals surface area contributed by atoms with Crippen molar-refractivity contribution in [3.05, 3.63) is 35.4 Å². The summed E-state index contributed by atoms with van der Waals surface area (Å²) in [5.74, 6) is 1.22. The van der Waals surface area contributed by atoms with E-state index < -0.39 is 0 Å². The van der Waals surface area contributed by atoms with Gasteiger partial charge in [-0.1, -0.05) is 45.7 Å². The predicted molar refractivity (Wildman–Crippen MR) is 94.2 cm³/mol. The van der Waals surface area contributed by atoms with E-state index in [4.69, 9.17) is 4.74 Å². The van der Waals surface area contributed by atoms with Crippen molar-refractivity contribution in [2.45, 2.75) is 59.3 Å². The second kappa shape index (κ2) is 12.2. The standard InChI is InChI=1S/C15H20O2.C3H8.CH5N/c1-3-17-15(16)14-9-7-13(8-10-14)11(2)12-5-4-6-12;1-3-2;1-2/h7-12H,3-6H2,1-2H3;3H2,1-2H3;2H2,1H3. The molecule has 1 atom stereocenters. The molecule has 0 spiro atoms. The summed E-state index contributed by atoms with van der Waals surface area (Å²) in [4.78, 5) is 11.5. The van der Waals surface area contributed by atoms with Gasteiger partial charge in [0, 0.05) is 0 Å². The van der Waals surface area contributed by atoms with Crippen LogP contribution in [0.2, 0.25) is 0 Å². The summed E-state index contributed by atoms with van der Waals surface area (Å²) in [5, 5.41) is 0. The van der Waals surface area contributed by atoms with Crippen LogP contribution < -0.4 is 5.73 Å². The zero-order valence-electron chi connectivity index (χ0n) is 14.9. The third-order valence-corrected chi connectivity index (χ3v) is 3.80. The van der Waals surface area contributed by atoms with Crippen LogP contribution in [-0.4, -0.2) is 19.6 Å². The highest BCUT2D eigenvalue weighted by atomic mass is 16.5. The molecule has 22 heavy (non-hydrogen) atoms. The largest absolute Gasteiger partial charge is 0.462 e. The lowest BCUT2D eigenvalue weighted by Crippen LogP contribution is -2.18. The molecule has 1 aromatic carbocycles. The Morgan fingerprint density at radius 2 is 1.68 bits per heavy atom. The van der Waals surface area contributed by atoms with E-state index in [1.54, 1.807) is 0 Å². The van der Waals surface area contributed by atoms with Gasteiger partial charge >= 0.3 is 5.97 Å². The van der Waals surface area contributed by atoms with E-state index in [1.165, 1.54) is 38.3 Å². The molecular formula is C19H33NO2. The maximum atomic E-state index is 11.5. The third kappa shape index (κ3) is 6.61. The second-order valence-electron chi connectivity index (χ2n) is 5.53. The Bertz CT molecular complexity index is 396. The van der Waals surface area contributed by atoms with Gasteiger partial charge in [-0.05, 0) is 56.3 Å². The molecule has 1 aromatic rings.